The number of aromatic nitrogens is 5. The first-order valence-electron chi connectivity index (χ1n) is 10.9. The number of nitrogens with one attached hydrogen (secondary N) is 1. The standard InChI is InChI=1S/C22H26N6OS2/c1-28-19(17-12-16(17)14-8-4-2-5-9-14)24-27-22(28)30-13-18(29)23-21-26-25-20(31-21)15-10-6-3-7-11-15/h2,4-5,8-9,15-17H,3,6-7,10-13H2,1H3,(H,23,26,29)/t16-,17+/m1/s1. The van der Waals surface area contributed by atoms with Gasteiger partial charge in [0.15, 0.2) is 5.16 Å². The summed E-state index contributed by atoms with van der Waals surface area (Å²) in [4.78, 5) is 12.4. The van der Waals surface area contributed by atoms with E-state index in [9.17, 15) is 4.79 Å². The smallest absolute Gasteiger partial charge is 0.236 e. The molecule has 2 atom stereocenters. The summed E-state index contributed by atoms with van der Waals surface area (Å²) in [5.74, 6) is 2.61. The molecule has 7 nitrogen and oxygen atoms in total. The minimum Gasteiger partial charge on any atom is -0.309 e. The van der Waals surface area contributed by atoms with Crippen LogP contribution in [0.1, 0.15) is 72.7 Å². The van der Waals surface area contributed by atoms with Gasteiger partial charge in [0.2, 0.25) is 11.0 Å². The fourth-order valence-electron chi connectivity index (χ4n) is 4.41. The molecule has 2 heterocycles. The highest BCUT2D eigenvalue weighted by molar-refractivity contribution is 7.99. The molecule has 0 bridgehead atoms. The number of rotatable bonds is 7. The first-order chi connectivity index (χ1) is 15.2. The van der Waals surface area contributed by atoms with Gasteiger partial charge in [0.1, 0.15) is 10.8 Å². The largest absolute Gasteiger partial charge is 0.309 e. The Hall–Kier alpha value is -2.26. The molecule has 2 aliphatic rings. The van der Waals surface area contributed by atoms with E-state index in [4.69, 9.17) is 0 Å². The van der Waals surface area contributed by atoms with Crippen LogP contribution in [-0.4, -0.2) is 36.6 Å². The highest BCUT2D eigenvalue weighted by atomic mass is 32.2. The zero-order chi connectivity index (χ0) is 21.2. The highest BCUT2D eigenvalue weighted by Gasteiger charge is 2.42. The predicted molar refractivity (Wildman–Crippen MR) is 123 cm³/mol. The molecule has 9 heteroatoms. The number of thioether (sulfide) groups is 1. The topological polar surface area (TPSA) is 85.6 Å². The minimum absolute atomic E-state index is 0.0884. The third kappa shape index (κ3) is 4.67. The number of carbonyl (C=O) groups is 1. The maximum atomic E-state index is 12.4. The van der Waals surface area contributed by atoms with E-state index in [0.717, 1.165) is 22.4 Å². The van der Waals surface area contributed by atoms with Crippen LogP contribution in [0.25, 0.3) is 0 Å². The Labute approximate surface area is 190 Å². The van der Waals surface area contributed by atoms with Crippen LogP contribution >= 0.6 is 23.1 Å². The van der Waals surface area contributed by atoms with E-state index >= 15 is 0 Å². The Kier molecular flexibility index (Phi) is 6.04. The lowest BCUT2D eigenvalue weighted by Crippen LogP contribution is -2.14. The van der Waals surface area contributed by atoms with Crippen molar-refractivity contribution in [2.24, 2.45) is 7.05 Å². The zero-order valence-corrected chi connectivity index (χ0v) is 19.2. The second-order valence-corrected chi connectivity index (χ2v) is 10.3. The van der Waals surface area contributed by atoms with Gasteiger partial charge in [-0.05, 0) is 30.7 Å². The zero-order valence-electron chi connectivity index (χ0n) is 17.5. The van der Waals surface area contributed by atoms with Crippen LogP contribution in [0.15, 0.2) is 35.5 Å². The molecular weight excluding hydrogens is 428 g/mol. The van der Waals surface area contributed by atoms with Gasteiger partial charge in [0.05, 0.1) is 5.75 Å². The lowest BCUT2D eigenvalue weighted by molar-refractivity contribution is -0.113. The van der Waals surface area contributed by atoms with Gasteiger partial charge in [-0.25, -0.2) is 0 Å². The molecule has 31 heavy (non-hydrogen) atoms. The molecule has 0 aliphatic heterocycles. The van der Waals surface area contributed by atoms with Gasteiger partial charge in [-0.1, -0.05) is 72.7 Å². The summed E-state index contributed by atoms with van der Waals surface area (Å²) in [7, 11) is 1.98. The fourth-order valence-corrected chi connectivity index (χ4v) is 6.06. The Balaban J connectivity index is 1.14. The van der Waals surface area contributed by atoms with Crippen LogP contribution < -0.4 is 5.32 Å². The van der Waals surface area contributed by atoms with Gasteiger partial charge in [-0.15, -0.1) is 20.4 Å². The van der Waals surface area contributed by atoms with Crippen LogP contribution in [0.4, 0.5) is 5.13 Å². The molecule has 1 N–H and O–H groups in total. The molecule has 2 aliphatic carbocycles. The first-order valence-corrected chi connectivity index (χ1v) is 12.7. The maximum absolute atomic E-state index is 12.4. The normalized spacial score (nSPS) is 21.2. The molecule has 0 radical (unpaired) electrons. The van der Waals surface area contributed by atoms with Crippen LogP contribution in [0.2, 0.25) is 0 Å². The van der Waals surface area contributed by atoms with Crippen molar-refractivity contribution in [3.8, 4) is 0 Å². The summed E-state index contributed by atoms with van der Waals surface area (Å²) in [5.41, 5.74) is 1.36. The molecule has 0 unspecified atom stereocenters. The number of benzene rings is 1. The van der Waals surface area contributed by atoms with Crippen molar-refractivity contribution in [1.82, 2.24) is 25.0 Å². The van der Waals surface area contributed by atoms with E-state index in [1.54, 1.807) is 0 Å². The van der Waals surface area contributed by atoms with Gasteiger partial charge in [-0.2, -0.15) is 0 Å². The lowest BCUT2D eigenvalue weighted by Gasteiger charge is -2.18. The van der Waals surface area contributed by atoms with Crippen molar-refractivity contribution >= 4 is 34.1 Å². The van der Waals surface area contributed by atoms with Crippen molar-refractivity contribution in [1.29, 1.82) is 0 Å². The third-order valence-corrected chi connectivity index (χ3v) is 8.21. The van der Waals surface area contributed by atoms with Gasteiger partial charge in [0.25, 0.3) is 0 Å². The van der Waals surface area contributed by atoms with E-state index in [0.29, 0.717) is 22.9 Å². The summed E-state index contributed by atoms with van der Waals surface area (Å²) in [6.07, 6.45) is 7.29. The van der Waals surface area contributed by atoms with Crippen LogP contribution in [0.5, 0.6) is 0 Å². The Morgan fingerprint density at radius 2 is 1.90 bits per heavy atom. The molecule has 2 saturated carbocycles. The van der Waals surface area contributed by atoms with E-state index in [2.05, 4.69) is 50.0 Å². The summed E-state index contributed by atoms with van der Waals surface area (Å²) < 4.78 is 2.03. The molecule has 5 rings (SSSR count). The van der Waals surface area contributed by atoms with Gasteiger partial charge in [0, 0.05) is 18.9 Å². The lowest BCUT2D eigenvalue weighted by atomic mass is 9.90. The van der Waals surface area contributed by atoms with Crippen LogP contribution in [-0.2, 0) is 11.8 Å². The van der Waals surface area contributed by atoms with Crippen LogP contribution in [0, 0.1) is 0 Å². The monoisotopic (exact) mass is 454 g/mol. The summed E-state index contributed by atoms with van der Waals surface area (Å²) in [5, 5.41) is 22.5. The van der Waals surface area contributed by atoms with E-state index in [-0.39, 0.29) is 11.7 Å². The Morgan fingerprint density at radius 3 is 2.71 bits per heavy atom. The minimum atomic E-state index is -0.0884. The molecule has 1 aromatic carbocycles. The number of nitrogens with zero attached hydrogens (tertiary/aromatic N) is 5. The fraction of sp³-hybridized carbons (Fsp3) is 0.500. The predicted octanol–water partition coefficient (Wildman–Crippen LogP) is 4.72. The Bertz CT molecular complexity index is 1040. The molecule has 162 valence electrons. The average Bonchev–Trinajstić information content (AvgIpc) is 3.31. The SMILES string of the molecule is Cn1c(SCC(=O)Nc2nnc(C3CCCCC3)s2)nnc1[C@H]1C[C@@H]1c1ccccc1. The molecule has 2 fully saturated rings. The van der Waals surface area contributed by atoms with Crippen molar-refractivity contribution in [3.05, 3.63) is 46.7 Å². The molecule has 3 aromatic rings. The third-order valence-electron chi connectivity index (χ3n) is 6.19. The maximum Gasteiger partial charge on any atom is 0.236 e. The number of amides is 1. The molecule has 1 amide bonds. The molecule has 0 spiro atoms. The van der Waals surface area contributed by atoms with E-state index < -0.39 is 0 Å². The molecular formula is C22H26N6OS2. The number of anilines is 1. The average molecular weight is 455 g/mol. The second-order valence-electron chi connectivity index (χ2n) is 8.38. The number of carbonyl (C=O) groups excluding carboxylic acids is 1. The van der Waals surface area contributed by atoms with Crippen molar-refractivity contribution in [3.63, 3.8) is 0 Å². The van der Waals surface area contributed by atoms with Crippen molar-refractivity contribution in [2.75, 3.05) is 11.1 Å². The number of hydrogen-bond donors (Lipinski definition) is 1. The summed E-state index contributed by atoms with van der Waals surface area (Å²) in [6.45, 7) is 0. The molecule has 0 saturated heterocycles. The second kappa shape index (κ2) is 9.08. The van der Waals surface area contributed by atoms with Gasteiger partial charge in [-0.3, -0.25) is 10.1 Å². The van der Waals surface area contributed by atoms with Gasteiger partial charge < -0.3 is 4.57 Å². The van der Waals surface area contributed by atoms with Crippen LogP contribution in [0.3, 0.4) is 0 Å². The van der Waals surface area contributed by atoms with E-state index in [1.807, 2.05) is 17.7 Å². The summed E-state index contributed by atoms with van der Waals surface area (Å²) in [6, 6.07) is 10.6. The summed E-state index contributed by atoms with van der Waals surface area (Å²) >= 11 is 2.92. The van der Waals surface area contributed by atoms with Crippen molar-refractivity contribution in [2.45, 2.75) is 61.4 Å². The quantitative estimate of drug-likeness (QED) is 0.520. The van der Waals surface area contributed by atoms with Gasteiger partial charge >= 0.3 is 0 Å². The Morgan fingerprint density at radius 1 is 1.10 bits per heavy atom. The van der Waals surface area contributed by atoms with E-state index in [1.165, 1.54) is 60.8 Å². The number of hydrogen-bond acceptors (Lipinski definition) is 7. The molecule has 2 aromatic heterocycles. The first kappa shape index (κ1) is 20.6. The van der Waals surface area contributed by atoms with Crippen molar-refractivity contribution < 1.29 is 4.79 Å². The highest BCUT2D eigenvalue weighted by Crippen LogP contribution is 2.54.